The fourth-order valence-corrected chi connectivity index (χ4v) is 3.32. The summed E-state index contributed by atoms with van der Waals surface area (Å²) >= 11 is 0. The Bertz CT molecular complexity index is 956. The molecule has 0 spiro atoms. The van der Waals surface area contributed by atoms with Crippen LogP contribution in [0.3, 0.4) is 0 Å². The topological polar surface area (TPSA) is 126 Å². The van der Waals surface area contributed by atoms with Crippen LogP contribution in [0.5, 0.6) is 17.2 Å². The molecule has 0 unspecified atom stereocenters. The summed E-state index contributed by atoms with van der Waals surface area (Å²) in [6.45, 7) is 4.32. The van der Waals surface area contributed by atoms with E-state index in [4.69, 9.17) is 34.0 Å². The maximum atomic E-state index is 12.6. The minimum atomic E-state index is -1.82. The Morgan fingerprint density at radius 1 is 0.906 bits per heavy atom. The minimum absolute atomic E-state index is 0.0791. The van der Waals surface area contributed by atoms with Gasteiger partial charge in [-0.3, -0.25) is 9.69 Å². The first kappa shape index (κ1) is 22.9. The van der Waals surface area contributed by atoms with Gasteiger partial charge in [-0.15, -0.1) is 0 Å². The van der Waals surface area contributed by atoms with E-state index in [9.17, 15) is 4.79 Å². The lowest BCUT2D eigenvalue weighted by Gasteiger charge is -2.34. The molecule has 2 aliphatic heterocycles. The highest BCUT2D eigenvalue weighted by Gasteiger charge is 2.23. The normalized spacial score (nSPS) is 14.8. The SMILES string of the molecule is COc1ccc(C(=O)N2CCN(Cc3ccc4c(c3)OCO4)CC2)cc1.O=C(O)C(=O)O. The molecule has 0 saturated carbocycles. The first-order chi connectivity index (χ1) is 15.4. The second-order valence-electron chi connectivity index (χ2n) is 7.09. The summed E-state index contributed by atoms with van der Waals surface area (Å²) in [7, 11) is 1.62. The third-order valence-corrected chi connectivity index (χ3v) is 5.02. The Labute approximate surface area is 184 Å². The Kier molecular flexibility index (Phi) is 7.50. The Morgan fingerprint density at radius 3 is 2.12 bits per heavy atom. The van der Waals surface area contributed by atoms with Gasteiger partial charge in [-0.25, -0.2) is 9.59 Å². The van der Waals surface area contributed by atoms with Crippen LogP contribution >= 0.6 is 0 Å². The van der Waals surface area contributed by atoms with Gasteiger partial charge < -0.3 is 29.3 Å². The largest absolute Gasteiger partial charge is 0.497 e. The molecule has 0 radical (unpaired) electrons. The number of benzene rings is 2. The van der Waals surface area contributed by atoms with E-state index in [1.165, 1.54) is 5.56 Å². The van der Waals surface area contributed by atoms with Gasteiger partial charge in [0.15, 0.2) is 11.5 Å². The highest BCUT2D eigenvalue weighted by atomic mass is 16.7. The van der Waals surface area contributed by atoms with E-state index in [0.717, 1.165) is 50.0 Å². The molecule has 1 amide bonds. The molecule has 32 heavy (non-hydrogen) atoms. The van der Waals surface area contributed by atoms with E-state index in [1.807, 2.05) is 41.3 Å². The molecule has 2 aromatic carbocycles. The third kappa shape index (κ3) is 5.88. The number of carboxylic acids is 2. The van der Waals surface area contributed by atoms with Crippen LogP contribution in [0.15, 0.2) is 42.5 Å². The summed E-state index contributed by atoms with van der Waals surface area (Å²) in [5, 5.41) is 14.8. The summed E-state index contributed by atoms with van der Waals surface area (Å²) in [6.07, 6.45) is 0. The summed E-state index contributed by atoms with van der Waals surface area (Å²) < 4.78 is 15.9. The van der Waals surface area contributed by atoms with E-state index in [1.54, 1.807) is 7.11 Å². The highest BCUT2D eigenvalue weighted by molar-refractivity contribution is 6.27. The van der Waals surface area contributed by atoms with Crippen LogP contribution in [0.25, 0.3) is 0 Å². The molecule has 2 N–H and O–H groups in total. The highest BCUT2D eigenvalue weighted by Crippen LogP contribution is 2.32. The van der Waals surface area contributed by atoms with Crippen molar-refractivity contribution < 1.29 is 38.8 Å². The van der Waals surface area contributed by atoms with Crippen molar-refractivity contribution in [1.29, 1.82) is 0 Å². The number of nitrogens with zero attached hydrogens (tertiary/aromatic N) is 2. The predicted octanol–water partition coefficient (Wildman–Crippen LogP) is 1.54. The Hall–Kier alpha value is -3.79. The Morgan fingerprint density at radius 2 is 1.53 bits per heavy atom. The molecule has 2 aliphatic rings. The van der Waals surface area contributed by atoms with Gasteiger partial charge in [-0.1, -0.05) is 6.07 Å². The summed E-state index contributed by atoms with van der Waals surface area (Å²) in [4.78, 5) is 35.1. The van der Waals surface area contributed by atoms with Crippen molar-refractivity contribution >= 4 is 17.8 Å². The second-order valence-corrected chi connectivity index (χ2v) is 7.09. The molecule has 10 nitrogen and oxygen atoms in total. The number of aliphatic carboxylic acids is 2. The molecule has 1 fully saturated rings. The number of hydrogen-bond donors (Lipinski definition) is 2. The van der Waals surface area contributed by atoms with Crippen molar-refractivity contribution in [1.82, 2.24) is 9.80 Å². The van der Waals surface area contributed by atoms with Crippen molar-refractivity contribution in [2.45, 2.75) is 6.54 Å². The number of carbonyl (C=O) groups is 3. The lowest BCUT2D eigenvalue weighted by atomic mass is 10.1. The van der Waals surface area contributed by atoms with Crippen LogP contribution in [0.4, 0.5) is 0 Å². The monoisotopic (exact) mass is 444 g/mol. The third-order valence-electron chi connectivity index (χ3n) is 5.02. The first-order valence-electron chi connectivity index (χ1n) is 9.88. The smallest absolute Gasteiger partial charge is 0.414 e. The molecule has 10 heteroatoms. The van der Waals surface area contributed by atoms with E-state index >= 15 is 0 Å². The second kappa shape index (κ2) is 10.5. The number of rotatable bonds is 4. The van der Waals surface area contributed by atoms with Crippen LogP contribution in [-0.4, -0.2) is 77.9 Å². The van der Waals surface area contributed by atoms with E-state index in [2.05, 4.69) is 11.0 Å². The lowest BCUT2D eigenvalue weighted by molar-refractivity contribution is -0.159. The van der Waals surface area contributed by atoms with Crippen LogP contribution in [0.1, 0.15) is 15.9 Å². The number of amides is 1. The molecule has 4 rings (SSSR count). The lowest BCUT2D eigenvalue weighted by Crippen LogP contribution is -2.48. The van der Waals surface area contributed by atoms with Crippen molar-refractivity contribution in [3.8, 4) is 17.2 Å². The molecular formula is C22H24N2O8. The summed E-state index contributed by atoms with van der Waals surface area (Å²) in [6, 6.07) is 13.4. The average molecular weight is 444 g/mol. The molecule has 0 atom stereocenters. The van der Waals surface area contributed by atoms with Gasteiger partial charge in [-0.2, -0.15) is 0 Å². The fourth-order valence-electron chi connectivity index (χ4n) is 3.32. The first-order valence-corrected chi connectivity index (χ1v) is 9.88. The zero-order valence-electron chi connectivity index (χ0n) is 17.5. The molecule has 1 saturated heterocycles. The number of carbonyl (C=O) groups excluding carboxylic acids is 1. The molecule has 2 aromatic rings. The van der Waals surface area contributed by atoms with Crippen molar-refractivity contribution in [2.24, 2.45) is 0 Å². The van der Waals surface area contributed by atoms with Gasteiger partial charge >= 0.3 is 11.9 Å². The molecular weight excluding hydrogens is 420 g/mol. The van der Waals surface area contributed by atoms with Gasteiger partial charge in [0.25, 0.3) is 5.91 Å². The standard InChI is InChI=1S/C20H22N2O4.C2H2O4/c1-24-17-5-3-16(4-6-17)20(23)22-10-8-21(9-11-22)13-15-2-7-18-19(12-15)26-14-25-18;3-1(4)2(5)6/h2-7,12H,8-11,13-14H2,1H3;(H,3,4)(H,5,6). The fraction of sp³-hybridized carbons (Fsp3) is 0.318. The van der Waals surface area contributed by atoms with Gasteiger partial charge in [-0.05, 0) is 42.0 Å². The van der Waals surface area contributed by atoms with Gasteiger partial charge in [0, 0.05) is 38.3 Å². The van der Waals surface area contributed by atoms with E-state index in [-0.39, 0.29) is 5.91 Å². The molecule has 0 bridgehead atoms. The zero-order chi connectivity index (χ0) is 23.1. The summed E-state index contributed by atoms with van der Waals surface area (Å²) in [5.41, 5.74) is 1.90. The predicted molar refractivity (Wildman–Crippen MR) is 112 cm³/mol. The summed E-state index contributed by atoms with van der Waals surface area (Å²) in [5.74, 6) is -1.19. The minimum Gasteiger partial charge on any atom is -0.497 e. The van der Waals surface area contributed by atoms with Gasteiger partial charge in [0.1, 0.15) is 5.75 Å². The number of carboxylic acid groups (broad SMARTS) is 2. The number of fused-ring (bicyclic) bond motifs is 1. The number of methoxy groups -OCH3 is 1. The molecule has 0 aromatic heterocycles. The molecule has 170 valence electrons. The van der Waals surface area contributed by atoms with Crippen LogP contribution in [0, 0.1) is 0 Å². The van der Waals surface area contributed by atoms with Crippen molar-refractivity contribution in [3.05, 3.63) is 53.6 Å². The quantitative estimate of drug-likeness (QED) is 0.675. The van der Waals surface area contributed by atoms with E-state index in [0.29, 0.717) is 12.4 Å². The zero-order valence-corrected chi connectivity index (χ0v) is 17.5. The van der Waals surface area contributed by atoms with Crippen molar-refractivity contribution in [2.75, 3.05) is 40.1 Å². The van der Waals surface area contributed by atoms with Gasteiger partial charge in [0.2, 0.25) is 6.79 Å². The number of hydrogen-bond acceptors (Lipinski definition) is 7. The van der Waals surface area contributed by atoms with Crippen LogP contribution in [-0.2, 0) is 16.1 Å². The van der Waals surface area contributed by atoms with Crippen molar-refractivity contribution in [3.63, 3.8) is 0 Å². The van der Waals surface area contributed by atoms with Crippen LogP contribution in [0.2, 0.25) is 0 Å². The average Bonchev–Trinajstić information content (AvgIpc) is 3.27. The molecule has 2 heterocycles. The Balaban J connectivity index is 0.000000427. The van der Waals surface area contributed by atoms with Gasteiger partial charge in [0.05, 0.1) is 7.11 Å². The number of piperazine rings is 1. The number of ether oxygens (including phenoxy) is 3. The van der Waals surface area contributed by atoms with E-state index < -0.39 is 11.9 Å². The maximum Gasteiger partial charge on any atom is 0.414 e. The maximum absolute atomic E-state index is 12.6. The van der Waals surface area contributed by atoms with Crippen LogP contribution < -0.4 is 14.2 Å². The molecule has 0 aliphatic carbocycles.